The molecule has 0 saturated heterocycles. The fourth-order valence-electron chi connectivity index (χ4n) is 1.27. The van der Waals surface area contributed by atoms with E-state index in [2.05, 4.69) is 0 Å². The zero-order valence-corrected chi connectivity index (χ0v) is 10.2. The van der Waals surface area contributed by atoms with E-state index in [4.69, 9.17) is 32.4 Å². The van der Waals surface area contributed by atoms with Gasteiger partial charge in [0.05, 0.1) is 16.3 Å². The highest BCUT2D eigenvalue weighted by Gasteiger charge is 2.12. The van der Waals surface area contributed by atoms with Gasteiger partial charge in [0.25, 0.3) is 0 Å². The van der Waals surface area contributed by atoms with E-state index in [1.54, 1.807) is 30.3 Å². The Bertz CT molecular complexity index is 500. The van der Waals surface area contributed by atoms with Gasteiger partial charge in [-0.1, -0.05) is 29.3 Å². The van der Waals surface area contributed by atoms with Crippen molar-refractivity contribution in [3.63, 3.8) is 0 Å². The van der Waals surface area contributed by atoms with E-state index in [0.29, 0.717) is 15.8 Å². The van der Waals surface area contributed by atoms with Crippen LogP contribution in [0.2, 0.25) is 10.0 Å². The number of furan rings is 1. The van der Waals surface area contributed by atoms with Gasteiger partial charge < -0.3 is 9.15 Å². The highest BCUT2D eigenvalue weighted by molar-refractivity contribution is 6.37. The molecule has 3 nitrogen and oxygen atoms in total. The third kappa shape index (κ3) is 2.81. The van der Waals surface area contributed by atoms with Gasteiger partial charge in [0.2, 0.25) is 5.78 Å². The molecule has 0 saturated carbocycles. The van der Waals surface area contributed by atoms with Crippen molar-refractivity contribution in [3.8, 4) is 5.75 Å². The highest BCUT2D eigenvalue weighted by atomic mass is 35.5. The molecule has 0 spiro atoms. The van der Waals surface area contributed by atoms with Crippen molar-refractivity contribution in [3.05, 3.63) is 52.4 Å². The molecule has 88 valence electrons. The lowest BCUT2D eigenvalue weighted by atomic mass is 10.3. The average Bonchev–Trinajstić information content (AvgIpc) is 2.81. The Morgan fingerprint density at radius 2 is 1.88 bits per heavy atom. The summed E-state index contributed by atoms with van der Waals surface area (Å²) < 4.78 is 10.2. The third-order valence-corrected chi connectivity index (χ3v) is 2.66. The van der Waals surface area contributed by atoms with Crippen molar-refractivity contribution in [2.75, 3.05) is 6.61 Å². The van der Waals surface area contributed by atoms with E-state index in [1.807, 2.05) is 0 Å². The molecule has 5 heteroatoms. The molecule has 0 aliphatic rings. The topological polar surface area (TPSA) is 39.4 Å². The van der Waals surface area contributed by atoms with Gasteiger partial charge in [-0.2, -0.15) is 0 Å². The quantitative estimate of drug-likeness (QED) is 0.793. The molecule has 0 atom stereocenters. The lowest BCUT2D eigenvalue weighted by Gasteiger charge is -2.07. The number of hydrogen-bond donors (Lipinski definition) is 0. The summed E-state index contributed by atoms with van der Waals surface area (Å²) in [7, 11) is 0. The molecule has 17 heavy (non-hydrogen) atoms. The molecule has 2 rings (SSSR count). The number of ketones is 1. The zero-order chi connectivity index (χ0) is 12.3. The van der Waals surface area contributed by atoms with Crippen molar-refractivity contribution in [2.24, 2.45) is 0 Å². The Labute approximate surface area is 108 Å². The maximum absolute atomic E-state index is 11.6. The van der Waals surface area contributed by atoms with Crippen molar-refractivity contribution in [1.82, 2.24) is 0 Å². The lowest BCUT2D eigenvalue weighted by molar-refractivity contribution is 0.0894. The number of benzene rings is 1. The van der Waals surface area contributed by atoms with Gasteiger partial charge in [-0.25, -0.2) is 0 Å². The van der Waals surface area contributed by atoms with Gasteiger partial charge in [-0.15, -0.1) is 0 Å². The lowest BCUT2D eigenvalue weighted by Crippen LogP contribution is -2.11. The second-order valence-electron chi connectivity index (χ2n) is 3.24. The molecular formula is C12H8Cl2O3. The van der Waals surface area contributed by atoms with Crippen LogP contribution in [0.15, 0.2) is 41.0 Å². The minimum atomic E-state index is -0.272. The molecule has 1 heterocycles. The summed E-state index contributed by atoms with van der Waals surface area (Å²) in [5, 5.41) is 0.731. The first-order chi connectivity index (χ1) is 8.18. The molecule has 0 N–H and O–H groups in total. The Kier molecular flexibility index (Phi) is 3.71. The van der Waals surface area contributed by atoms with Crippen molar-refractivity contribution in [1.29, 1.82) is 0 Å². The smallest absolute Gasteiger partial charge is 0.235 e. The van der Waals surface area contributed by atoms with E-state index in [1.165, 1.54) is 6.26 Å². The van der Waals surface area contributed by atoms with E-state index >= 15 is 0 Å². The number of Topliss-reactive ketones (excluding diaryl/α,β-unsaturated/α-hetero) is 1. The van der Waals surface area contributed by atoms with Crippen LogP contribution in [0.25, 0.3) is 0 Å². The van der Waals surface area contributed by atoms with Gasteiger partial charge >= 0.3 is 0 Å². The van der Waals surface area contributed by atoms with Crippen LogP contribution >= 0.6 is 23.2 Å². The van der Waals surface area contributed by atoms with Gasteiger partial charge in [-0.3, -0.25) is 4.79 Å². The minimum absolute atomic E-state index is 0.170. The Balaban J connectivity index is 2.06. The Hall–Kier alpha value is -1.45. The Morgan fingerprint density at radius 1 is 1.18 bits per heavy atom. The van der Waals surface area contributed by atoms with Crippen LogP contribution in [0.4, 0.5) is 0 Å². The number of ether oxygens (including phenoxy) is 1. The van der Waals surface area contributed by atoms with Crippen LogP contribution in [0.3, 0.4) is 0 Å². The van der Waals surface area contributed by atoms with Crippen LogP contribution in [-0.4, -0.2) is 12.4 Å². The molecular weight excluding hydrogens is 263 g/mol. The van der Waals surface area contributed by atoms with Crippen LogP contribution in [0, 0.1) is 0 Å². The van der Waals surface area contributed by atoms with Crippen molar-refractivity contribution >= 4 is 29.0 Å². The monoisotopic (exact) mass is 270 g/mol. The number of hydrogen-bond acceptors (Lipinski definition) is 3. The first-order valence-corrected chi connectivity index (χ1v) is 5.57. The van der Waals surface area contributed by atoms with Gasteiger partial charge in [0.15, 0.2) is 18.1 Å². The molecule has 2 aromatic rings. The van der Waals surface area contributed by atoms with E-state index < -0.39 is 0 Å². The van der Waals surface area contributed by atoms with E-state index in [-0.39, 0.29) is 18.2 Å². The standard InChI is InChI=1S/C12H8Cl2O3/c13-8-3-1-4-9(14)12(8)17-7-10(15)11-5-2-6-16-11/h1-6H,7H2. The summed E-state index contributed by atoms with van der Waals surface area (Å²) in [6.45, 7) is -0.170. The molecule has 1 aromatic heterocycles. The first-order valence-electron chi connectivity index (χ1n) is 4.82. The van der Waals surface area contributed by atoms with Crippen LogP contribution < -0.4 is 4.74 Å². The fraction of sp³-hybridized carbons (Fsp3) is 0.0833. The molecule has 0 aliphatic heterocycles. The molecule has 0 fully saturated rings. The predicted molar refractivity (Wildman–Crippen MR) is 65.0 cm³/mol. The molecule has 0 aliphatic carbocycles. The zero-order valence-electron chi connectivity index (χ0n) is 8.65. The fourth-order valence-corrected chi connectivity index (χ4v) is 1.77. The predicted octanol–water partition coefficient (Wildman–Crippen LogP) is 3.85. The maximum Gasteiger partial charge on any atom is 0.235 e. The summed E-state index contributed by atoms with van der Waals surface area (Å²) in [6, 6.07) is 8.18. The van der Waals surface area contributed by atoms with Crippen LogP contribution in [0.5, 0.6) is 5.75 Å². The summed E-state index contributed by atoms with van der Waals surface area (Å²) in [4.78, 5) is 11.6. The number of carbonyl (C=O) groups excluding carboxylic acids is 1. The first kappa shape index (κ1) is 12.0. The number of halogens is 2. The molecule has 0 amide bonds. The number of rotatable bonds is 4. The number of para-hydroxylation sites is 1. The van der Waals surface area contributed by atoms with Gasteiger partial charge in [0.1, 0.15) is 0 Å². The largest absolute Gasteiger partial charge is 0.482 e. The minimum Gasteiger partial charge on any atom is -0.482 e. The van der Waals surface area contributed by atoms with Crippen LogP contribution in [-0.2, 0) is 0 Å². The average molecular weight is 271 g/mol. The summed E-state index contributed by atoms with van der Waals surface area (Å²) >= 11 is 11.8. The summed E-state index contributed by atoms with van der Waals surface area (Å²) in [5.41, 5.74) is 0. The molecule has 0 unspecified atom stereocenters. The van der Waals surface area contributed by atoms with E-state index in [9.17, 15) is 4.79 Å². The number of carbonyl (C=O) groups is 1. The Morgan fingerprint density at radius 3 is 2.47 bits per heavy atom. The van der Waals surface area contributed by atoms with Gasteiger partial charge in [0, 0.05) is 0 Å². The normalized spacial score (nSPS) is 10.2. The molecule has 1 aromatic carbocycles. The SMILES string of the molecule is O=C(COc1c(Cl)cccc1Cl)c1ccco1. The summed E-state index contributed by atoms with van der Waals surface area (Å²) in [6.07, 6.45) is 1.43. The van der Waals surface area contributed by atoms with Crippen molar-refractivity contribution < 1.29 is 13.9 Å². The summed E-state index contributed by atoms with van der Waals surface area (Å²) in [5.74, 6) is 0.273. The third-order valence-electron chi connectivity index (χ3n) is 2.06. The van der Waals surface area contributed by atoms with Crippen LogP contribution in [0.1, 0.15) is 10.6 Å². The van der Waals surface area contributed by atoms with Crippen molar-refractivity contribution in [2.45, 2.75) is 0 Å². The van der Waals surface area contributed by atoms with E-state index in [0.717, 1.165) is 0 Å². The highest BCUT2D eigenvalue weighted by Crippen LogP contribution is 2.32. The molecule has 0 radical (unpaired) electrons. The second-order valence-corrected chi connectivity index (χ2v) is 4.05. The molecule has 0 bridgehead atoms. The second kappa shape index (κ2) is 5.25. The maximum atomic E-state index is 11.6. The van der Waals surface area contributed by atoms with Gasteiger partial charge in [-0.05, 0) is 24.3 Å².